The molecule has 100 valence electrons. The van der Waals surface area contributed by atoms with Crippen molar-refractivity contribution >= 4 is 0 Å². The van der Waals surface area contributed by atoms with Gasteiger partial charge in [-0.2, -0.15) is 0 Å². The summed E-state index contributed by atoms with van der Waals surface area (Å²) in [4.78, 5) is 2.44. The van der Waals surface area contributed by atoms with Gasteiger partial charge in [0, 0.05) is 6.54 Å². The summed E-state index contributed by atoms with van der Waals surface area (Å²) in [7, 11) is 2.23. The Balaban J connectivity index is 2.45. The summed E-state index contributed by atoms with van der Waals surface area (Å²) in [5, 5.41) is 3.76. The Morgan fingerprint density at radius 3 is 2.39 bits per heavy atom. The number of benzene rings is 1. The van der Waals surface area contributed by atoms with E-state index < -0.39 is 0 Å². The molecular weight excluding hydrogens is 220 g/mol. The van der Waals surface area contributed by atoms with Crippen molar-refractivity contribution in [1.82, 2.24) is 10.2 Å². The normalized spacial score (nSPS) is 26.1. The number of hydrogen-bond acceptors (Lipinski definition) is 2. The lowest BCUT2D eigenvalue weighted by atomic mass is 9.84. The van der Waals surface area contributed by atoms with Crippen LogP contribution in [-0.4, -0.2) is 31.6 Å². The van der Waals surface area contributed by atoms with E-state index in [-0.39, 0.29) is 5.54 Å². The summed E-state index contributed by atoms with van der Waals surface area (Å²) in [6.07, 6.45) is 1.23. The van der Waals surface area contributed by atoms with Gasteiger partial charge in [-0.15, -0.1) is 0 Å². The van der Waals surface area contributed by atoms with Crippen LogP contribution in [0.4, 0.5) is 0 Å². The van der Waals surface area contributed by atoms with Crippen LogP contribution in [0.15, 0.2) is 12.1 Å². The maximum absolute atomic E-state index is 3.76. The molecule has 0 spiro atoms. The Bertz CT molecular complexity index is 416. The highest BCUT2D eigenvalue weighted by molar-refractivity contribution is 5.42. The molecule has 0 bridgehead atoms. The first-order valence-electron chi connectivity index (χ1n) is 6.94. The van der Waals surface area contributed by atoms with Crippen LogP contribution in [0, 0.1) is 20.8 Å². The zero-order valence-electron chi connectivity index (χ0n) is 12.4. The van der Waals surface area contributed by atoms with Gasteiger partial charge in [-0.1, -0.05) is 17.7 Å². The van der Waals surface area contributed by atoms with Crippen molar-refractivity contribution in [1.29, 1.82) is 0 Å². The second kappa shape index (κ2) is 5.02. The van der Waals surface area contributed by atoms with Crippen LogP contribution in [0.5, 0.6) is 0 Å². The molecular formula is C16H26N2. The Hall–Kier alpha value is -0.860. The number of hydrogen-bond donors (Lipinski definition) is 1. The van der Waals surface area contributed by atoms with Crippen LogP contribution in [-0.2, 0) is 5.54 Å². The Labute approximate surface area is 111 Å². The van der Waals surface area contributed by atoms with Crippen LogP contribution < -0.4 is 5.32 Å². The summed E-state index contributed by atoms with van der Waals surface area (Å²) in [5.74, 6) is 0. The van der Waals surface area contributed by atoms with Gasteiger partial charge in [0.15, 0.2) is 0 Å². The van der Waals surface area contributed by atoms with Gasteiger partial charge in [0.1, 0.15) is 0 Å². The fourth-order valence-corrected chi connectivity index (χ4v) is 3.61. The zero-order chi connectivity index (χ0) is 13.3. The summed E-state index contributed by atoms with van der Waals surface area (Å²) in [6.45, 7) is 12.4. The quantitative estimate of drug-likeness (QED) is 0.819. The Morgan fingerprint density at radius 1 is 1.17 bits per heavy atom. The van der Waals surface area contributed by atoms with E-state index in [0.717, 1.165) is 13.1 Å². The molecule has 0 amide bonds. The molecule has 1 atom stereocenters. The number of nitrogens with one attached hydrogen (secondary N) is 1. The zero-order valence-corrected chi connectivity index (χ0v) is 12.4. The molecule has 1 heterocycles. The molecule has 18 heavy (non-hydrogen) atoms. The van der Waals surface area contributed by atoms with Gasteiger partial charge >= 0.3 is 0 Å². The van der Waals surface area contributed by atoms with Crippen molar-refractivity contribution in [2.24, 2.45) is 0 Å². The molecule has 0 aliphatic carbocycles. The smallest absolute Gasteiger partial charge is 0.0540 e. The molecule has 2 nitrogen and oxygen atoms in total. The van der Waals surface area contributed by atoms with Crippen molar-refractivity contribution < 1.29 is 0 Å². The molecule has 1 N–H and O–H groups in total. The van der Waals surface area contributed by atoms with Gasteiger partial charge in [0.25, 0.3) is 0 Å². The molecule has 0 radical (unpaired) electrons. The molecule has 1 aliphatic heterocycles. The van der Waals surface area contributed by atoms with Crippen LogP contribution in [0.25, 0.3) is 0 Å². The largest absolute Gasteiger partial charge is 0.306 e. The first-order valence-corrected chi connectivity index (χ1v) is 6.94. The maximum atomic E-state index is 3.76. The second-order valence-electron chi connectivity index (χ2n) is 6.12. The Morgan fingerprint density at radius 2 is 1.78 bits per heavy atom. The predicted molar refractivity (Wildman–Crippen MR) is 78.1 cm³/mol. The van der Waals surface area contributed by atoms with Crippen LogP contribution in [0.3, 0.4) is 0 Å². The van der Waals surface area contributed by atoms with E-state index in [1.807, 2.05) is 0 Å². The van der Waals surface area contributed by atoms with E-state index in [2.05, 4.69) is 57.1 Å². The fraction of sp³-hybridized carbons (Fsp3) is 0.625. The summed E-state index contributed by atoms with van der Waals surface area (Å²) in [5.41, 5.74) is 5.75. The van der Waals surface area contributed by atoms with Crippen molar-refractivity contribution in [3.63, 3.8) is 0 Å². The molecule has 1 unspecified atom stereocenters. The van der Waals surface area contributed by atoms with Crippen molar-refractivity contribution in [2.45, 2.75) is 39.7 Å². The number of aryl methyl sites for hydroxylation is 3. The molecule has 0 saturated carbocycles. The van der Waals surface area contributed by atoms with Crippen LogP contribution in [0.1, 0.15) is 35.6 Å². The van der Waals surface area contributed by atoms with Gasteiger partial charge in [0.2, 0.25) is 0 Å². The predicted octanol–water partition coefficient (Wildman–Crippen LogP) is 2.75. The summed E-state index contributed by atoms with van der Waals surface area (Å²) in [6, 6.07) is 4.61. The van der Waals surface area contributed by atoms with Crippen molar-refractivity contribution in [2.75, 3.05) is 26.7 Å². The average molecular weight is 246 g/mol. The van der Waals surface area contributed by atoms with Gasteiger partial charge in [-0.3, -0.25) is 0 Å². The van der Waals surface area contributed by atoms with E-state index in [1.54, 1.807) is 0 Å². The highest BCUT2D eigenvalue weighted by Crippen LogP contribution is 2.30. The summed E-state index contributed by atoms with van der Waals surface area (Å²) >= 11 is 0. The van der Waals surface area contributed by atoms with Crippen LogP contribution >= 0.6 is 0 Å². The number of nitrogens with zero attached hydrogens (tertiary/aromatic N) is 1. The lowest BCUT2D eigenvalue weighted by Gasteiger charge is -2.35. The standard InChI is InChI=1S/C16H26N2/c1-12-9-13(2)15(14(3)10-12)16(4)11-18(5)8-6-7-17-16/h9-10,17H,6-8,11H2,1-5H3. The first-order chi connectivity index (χ1) is 8.42. The monoisotopic (exact) mass is 246 g/mol. The van der Waals surface area contributed by atoms with Gasteiger partial charge in [-0.05, 0) is 70.9 Å². The molecule has 1 aromatic rings. The van der Waals surface area contributed by atoms with Gasteiger partial charge in [0.05, 0.1) is 5.54 Å². The maximum Gasteiger partial charge on any atom is 0.0540 e. The highest BCUT2D eigenvalue weighted by Gasteiger charge is 2.32. The molecule has 1 fully saturated rings. The first kappa shape index (κ1) is 13.6. The van der Waals surface area contributed by atoms with Crippen molar-refractivity contribution in [3.05, 3.63) is 34.4 Å². The molecule has 1 saturated heterocycles. The third-order valence-corrected chi connectivity index (χ3v) is 4.05. The van der Waals surface area contributed by atoms with Crippen molar-refractivity contribution in [3.8, 4) is 0 Å². The Kier molecular flexibility index (Phi) is 3.79. The van der Waals surface area contributed by atoms with E-state index in [0.29, 0.717) is 0 Å². The molecule has 2 heteroatoms. The minimum absolute atomic E-state index is 0.0765. The SMILES string of the molecule is Cc1cc(C)c(C2(C)CN(C)CCCN2)c(C)c1. The third kappa shape index (κ3) is 2.60. The number of likely N-dealkylation sites (N-methyl/N-ethyl adjacent to an activating group) is 1. The minimum Gasteiger partial charge on any atom is -0.306 e. The van der Waals surface area contributed by atoms with Gasteiger partial charge in [-0.25, -0.2) is 0 Å². The third-order valence-electron chi connectivity index (χ3n) is 4.05. The van der Waals surface area contributed by atoms with E-state index >= 15 is 0 Å². The van der Waals surface area contributed by atoms with Crippen LogP contribution in [0.2, 0.25) is 0 Å². The average Bonchev–Trinajstić information content (AvgIpc) is 2.38. The topological polar surface area (TPSA) is 15.3 Å². The second-order valence-corrected chi connectivity index (χ2v) is 6.12. The van der Waals surface area contributed by atoms with E-state index in [9.17, 15) is 0 Å². The fourth-order valence-electron chi connectivity index (χ4n) is 3.61. The molecule has 2 rings (SSSR count). The lowest BCUT2D eigenvalue weighted by Crippen LogP contribution is -2.46. The minimum atomic E-state index is 0.0765. The lowest BCUT2D eigenvalue weighted by molar-refractivity contribution is 0.258. The van der Waals surface area contributed by atoms with E-state index in [4.69, 9.17) is 0 Å². The van der Waals surface area contributed by atoms with Gasteiger partial charge < -0.3 is 10.2 Å². The molecule has 1 aliphatic rings. The highest BCUT2D eigenvalue weighted by atomic mass is 15.2. The molecule has 1 aromatic carbocycles. The number of rotatable bonds is 1. The molecule has 0 aromatic heterocycles. The summed E-state index contributed by atoms with van der Waals surface area (Å²) < 4.78 is 0. The van der Waals surface area contributed by atoms with E-state index in [1.165, 1.54) is 35.2 Å².